The van der Waals surface area contributed by atoms with Gasteiger partial charge in [-0.15, -0.1) is 39.1 Å². The molecule has 137 heavy (non-hydrogen) atoms. The van der Waals surface area contributed by atoms with Gasteiger partial charge in [-0.05, 0) is 69.0 Å². The number of likely N-dealkylation sites (tertiary alicyclic amines) is 2. The molecule has 3 aromatic carbocycles. The van der Waals surface area contributed by atoms with Gasteiger partial charge in [-0.3, -0.25) is 54.0 Å². The topological polar surface area (TPSA) is 403 Å². The van der Waals surface area contributed by atoms with Crippen molar-refractivity contribution in [2.75, 3.05) is 144 Å². The number of fused-ring (bicyclic) bond motifs is 3. The van der Waals surface area contributed by atoms with Gasteiger partial charge in [-0.25, -0.2) is 61.6 Å². The molecule has 10 atom stereocenters. The molecule has 0 bridgehead atoms. The number of aliphatic hydroxyl groups excluding tert-OH is 1. The van der Waals surface area contributed by atoms with E-state index in [1.807, 2.05) is 78.1 Å². The van der Waals surface area contributed by atoms with Crippen LogP contribution in [0.3, 0.4) is 0 Å². The number of piperazine rings is 3. The number of aliphatic hydroxyl groups is 1. The average Bonchev–Trinajstić information content (AvgIpc) is 1.69. The van der Waals surface area contributed by atoms with Crippen molar-refractivity contribution < 1.29 is 81.1 Å². The molecule has 11 aliphatic rings. The van der Waals surface area contributed by atoms with Gasteiger partial charge in [0.25, 0.3) is 5.95 Å². The Hall–Kier alpha value is -11.5. The number of esters is 3. The quantitative estimate of drug-likeness (QED) is 0.0167. The number of rotatable bonds is 26. The number of amidine groups is 3. The van der Waals surface area contributed by atoms with Crippen molar-refractivity contribution in [3.63, 3.8) is 0 Å². The van der Waals surface area contributed by atoms with Crippen LogP contribution in [-0.2, 0) is 44.7 Å². The average molecular weight is 2000 g/mol. The van der Waals surface area contributed by atoms with Gasteiger partial charge in [0.2, 0.25) is 0 Å². The van der Waals surface area contributed by atoms with E-state index in [0.717, 1.165) is 0 Å². The van der Waals surface area contributed by atoms with E-state index in [4.69, 9.17) is 64.0 Å². The van der Waals surface area contributed by atoms with Gasteiger partial charge in [0, 0.05) is 218 Å². The van der Waals surface area contributed by atoms with Gasteiger partial charge < -0.3 is 70.0 Å². The number of thiazole rings is 3. The number of nitrogens with one attached hydrogen (secondary N) is 3. The number of amides is 6. The molecule has 15 heterocycles. The number of hydrogen-bond acceptors (Lipinski definition) is 31. The summed E-state index contributed by atoms with van der Waals surface area (Å²) in [6.07, 6.45) is 7.33. The maximum atomic E-state index is 14.0. The Morgan fingerprint density at radius 2 is 0.883 bits per heavy atom. The number of hydrogen-bond donors (Lipinski definition) is 6. The van der Waals surface area contributed by atoms with Gasteiger partial charge in [-0.2, -0.15) is 4.98 Å². The predicted octanol–water partition coefficient (Wildman–Crippen LogP) is 9.64. The molecule has 3 unspecified atom stereocenters. The molecule has 0 spiro atoms. The van der Waals surface area contributed by atoms with E-state index < -0.39 is 82.9 Å². The SMILES string of the molecule is C=C(O)C(C)(C)Cn1cnc(N2C[C@@H]3CN(CC4=C(C(=O)OC)[C@H](c5ccc(F)cc5Cl)N=C(c5nccs5)N4)CCN3C2=O)n1.COC(=O)C1=C(CN2CCN3C(=O)N(C4CC(C(=O)O)N(C(C)C)C4)CC3C2)NC(c2nccs2)=N[C@H]1c1ccc(F)cc1Cl.COC(=O)C1=C(CN2CCN3C(=O)N([C@H]4C[C@H](C(=O)O)N(CC(C)C)C4)C[C@@H]3C2)NC(c2nccs2)=N[C@H]1c1ccc(F)cc1Cl. The van der Waals surface area contributed by atoms with E-state index in [2.05, 4.69) is 76.1 Å². The van der Waals surface area contributed by atoms with E-state index in [-0.39, 0.29) is 91.9 Å². The molecule has 37 nitrogen and oxygen atoms in total. The smallest absolute Gasteiger partial charge is 0.338 e. The predicted molar refractivity (Wildman–Crippen MR) is 506 cm³/mol. The van der Waals surface area contributed by atoms with Crippen LogP contribution in [0.5, 0.6) is 0 Å². The van der Waals surface area contributed by atoms with Crippen molar-refractivity contribution in [3.8, 4) is 0 Å². The molecular formula is C91H105Cl3F3N23O14S3. The molecular weight excluding hydrogens is 1900 g/mol. The number of aliphatic carboxylic acids is 2. The fourth-order valence-electron chi connectivity index (χ4n) is 19.5. The summed E-state index contributed by atoms with van der Waals surface area (Å²) in [4.78, 5) is 158. The number of urea groups is 3. The van der Waals surface area contributed by atoms with Crippen molar-refractivity contribution in [3.05, 3.63) is 206 Å². The fraction of sp³-hybridized carbons (Fsp3) is 0.473. The number of carbonyl (C=O) groups is 8. The Balaban J connectivity index is 0.000000149. The fourth-order valence-corrected chi connectivity index (χ4v) is 22.1. The summed E-state index contributed by atoms with van der Waals surface area (Å²) in [6, 6.07) is 7.24. The number of aromatic nitrogens is 6. The lowest BCUT2D eigenvalue weighted by molar-refractivity contribution is -0.143. The zero-order valence-electron chi connectivity index (χ0n) is 76.5. The first-order valence-corrected chi connectivity index (χ1v) is 48.5. The highest BCUT2D eigenvalue weighted by Crippen LogP contribution is 2.43. The van der Waals surface area contributed by atoms with Crippen LogP contribution in [0.2, 0.25) is 15.1 Å². The van der Waals surface area contributed by atoms with E-state index in [9.17, 15) is 66.8 Å². The van der Waals surface area contributed by atoms with Gasteiger partial charge >= 0.3 is 47.9 Å². The molecule has 728 valence electrons. The number of carboxylic acid groups (broad SMARTS) is 2. The molecule has 11 aliphatic heterocycles. The van der Waals surface area contributed by atoms with Crippen LogP contribution in [-0.4, -0.2) is 347 Å². The molecule has 46 heteroatoms. The summed E-state index contributed by atoms with van der Waals surface area (Å²) in [6.45, 7) is 24.5. The van der Waals surface area contributed by atoms with Gasteiger partial charge in [-0.1, -0.05) is 87.3 Å². The molecule has 8 fully saturated rings. The normalized spacial score (nSPS) is 24.0. The second-order valence-electron chi connectivity index (χ2n) is 36.4. The number of allylic oxidation sites excluding steroid dienone is 1. The molecule has 0 saturated carbocycles. The zero-order valence-corrected chi connectivity index (χ0v) is 81.2. The number of ether oxygens (including phenoxy) is 3. The second-order valence-corrected chi connectivity index (χ2v) is 40.3. The number of carboxylic acids is 2. The first kappa shape index (κ1) is 98.5. The number of carbonyl (C=O) groups excluding carboxylic acids is 6. The van der Waals surface area contributed by atoms with Crippen LogP contribution >= 0.6 is 68.8 Å². The van der Waals surface area contributed by atoms with Crippen molar-refractivity contribution in [2.24, 2.45) is 26.3 Å². The summed E-state index contributed by atoms with van der Waals surface area (Å²) < 4.78 is 59.1. The maximum absolute atomic E-state index is 14.0. The summed E-state index contributed by atoms with van der Waals surface area (Å²) in [5, 5.41) is 51.7. The van der Waals surface area contributed by atoms with Crippen molar-refractivity contribution in [2.45, 2.75) is 127 Å². The van der Waals surface area contributed by atoms with Crippen LogP contribution in [0.1, 0.15) is 104 Å². The first-order chi connectivity index (χ1) is 65.5. The van der Waals surface area contributed by atoms with Crippen LogP contribution in [0.15, 0.2) is 157 Å². The molecule has 7 aromatic rings. The van der Waals surface area contributed by atoms with Crippen LogP contribution < -0.4 is 20.9 Å². The Kier molecular flexibility index (Phi) is 30.0. The Morgan fingerprint density at radius 3 is 1.23 bits per heavy atom. The number of methoxy groups -OCH3 is 3. The van der Waals surface area contributed by atoms with Crippen LogP contribution in [0, 0.1) is 28.8 Å². The third kappa shape index (κ3) is 21.1. The second kappa shape index (κ2) is 41.6. The zero-order chi connectivity index (χ0) is 97.4. The molecule has 0 aliphatic carbocycles. The molecule has 4 aromatic heterocycles. The minimum Gasteiger partial charge on any atom is -0.512 e. The number of benzene rings is 3. The van der Waals surface area contributed by atoms with Gasteiger partial charge in [0.05, 0.1) is 75.0 Å². The number of halogens is 6. The number of nitrogens with zero attached hydrogens (tertiary/aromatic N) is 20. The van der Waals surface area contributed by atoms with Crippen molar-refractivity contribution in [1.29, 1.82) is 0 Å². The Morgan fingerprint density at radius 1 is 0.504 bits per heavy atom. The van der Waals surface area contributed by atoms with Gasteiger partial charge in [0.15, 0.2) is 32.5 Å². The van der Waals surface area contributed by atoms with Crippen molar-refractivity contribution >= 4 is 140 Å². The highest BCUT2D eigenvalue weighted by Gasteiger charge is 2.52. The largest absolute Gasteiger partial charge is 0.512 e. The molecule has 6 amide bonds. The number of aliphatic imine (C=N–C) groups is 3. The highest BCUT2D eigenvalue weighted by atomic mass is 35.5. The Bertz CT molecular complexity index is 5990. The Labute approximate surface area is 814 Å². The van der Waals surface area contributed by atoms with E-state index >= 15 is 0 Å². The first-order valence-electron chi connectivity index (χ1n) is 44.7. The summed E-state index contributed by atoms with van der Waals surface area (Å²) in [7, 11) is 3.89. The third-order valence-electron chi connectivity index (χ3n) is 26.3. The number of anilines is 1. The van der Waals surface area contributed by atoms with Gasteiger partial charge in [0.1, 0.15) is 54.0 Å². The monoisotopic (exact) mass is 2000 g/mol. The standard InChI is InChI=1S/C31H37ClFN7O5S.C30H33ClFN9O4S.C30H35ClFN7O5S/c1-17(2)12-38-14-19(11-24(38)29(41)42)40-15-20-13-37(7-8-39(20)31(40)44)16-23-25(30(43)45-3)26(21-5-4-18(33)10-22(21)32)36-27(35-23)28-34-6-9-46-28;1-17(42)30(2,3)15-39-16-34-28(37-39)41-13-19-12-38(8-9-40(19)29(41)44)14-22-23(27(43)45-4)24(20-6-5-18(32)11-21(20)31)36-25(35-22)26-33-7-10-46-26;1-16(2)38-13-18(11-23(38)28(40)41)39-14-19-12-36(7-8-37(19)30(39)43)15-22-24(29(42)44-3)25(20-5-4-17(32)10-21(20)31)35-26(34-22)27-33-6-9-45-27/h4-6,9-10,17,19-20,24,26H,7-8,11-16H2,1-3H3,(H,35,36)(H,41,42);5-7,10-11,16,19,24,42H,1,8-9,12-15H2,2-4H3,(H,35,36);4-6,9-10,16,18-19,23,25H,7-8,11-15H2,1-3H3,(H,34,35)(H,40,41)/t19-,20-,24+,26-;19-,24-;18?,19?,23?,25-/m000/s1. The lowest BCUT2D eigenvalue weighted by Crippen LogP contribution is -2.53. The minimum atomic E-state index is -0.866. The summed E-state index contributed by atoms with van der Waals surface area (Å²) >= 11 is 23.6. The van der Waals surface area contributed by atoms with E-state index in [1.54, 1.807) is 28.2 Å². The molecule has 0 radical (unpaired) electrons. The molecule has 8 saturated heterocycles. The maximum Gasteiger partial charge on any atom is 0.338 e. The van der Waals surface area contributed by atoms with E-state index in [1.165, 1.54) is 116 Å². The minimum absolute atomic E-state index is 0.0362. The van der Waals surface area contributed by atoms with Crippen LogP contribution in [0.4, 0.5) is 33.5 Å². The molecule has 6 N–H and O–H groups in total. The third-order valence-corrected chi connectivity index (χ3v) is 29.6. The van der Waals surface area contributed by atoms with Crippen LogP contribution in [0.25, 0.3) is 0 Å². The lowest BCUT2D eigenvalue weighted by atomic mass is 9.92. The summed E-state index contributed by atoms with van der Waals surface area (Å²) in [5.74, 6) is -2.98. The van der Waals surface area contributed by atoms with E-state index in [0.29, 0.717) is 215 Å². The highest BCUT2D eigenvalue weighted by molar-refractivity contribution is 7.12. The lowest BCUT2D eigenvalue weighted by Gasteiger charge is -2.38. The summed E-state index contributed by atoms with van der Waals surface area (Å²) in [5.41, 5.74) is 3.22. The molecule has 18 rings (SSSR count). The van der Waals surface area contributed by atoms with Crippen molar-refractivity contribution in [1.82, 2.24) is 94.7 Å².